The summed E-state index contributed by atoms with van der Waals surface area (Å²) in [5.74, 6) is 0. The zero-order valence-electron chi connectivity index (χ0n) is 12.3. The molecule has 1 spiro atoms. The molecule has 0 aromatic heterocycles. The van der Waals surface area contributed by atoms with Crippen LogP contribution in [0.1, 0.15) is 58.8 Å². The highest BCUT2D eigenvalue weighted by Crippen LogP contribution is 2.43. The van der Waals surface area contributed by atoms with Crippen molar-refractivity contribution in [3.63, 3.8) is 0 Å². The smallest absolute Gasteiger partial charge is 0.0101 e. The number of piperidine rings is 2. The van der Waals surface area contributed by atoms with Crippen molar-refractivity contribution in [3.05, 3.63) is 0 Å². The second-order valence-corrected chi connectivity index (χ2v) is 7.92. The first-order valence-electron chi connectivity index (χ1n) is 8.04. The molecule has 2 heterocycles. The van der Waals surface area contributed by atoms with Crippen LogP contribution in [0.15, 0.2) is 0 Å². The van der Waals surface area contributed by atoms with Gasteiger partial charge in [0.2, 0.25) is 0 Å². The fraction of sp³-hybridized carbons (Fsp3) is 1.00. The average molecular weight is 250 g/mol. The van der Waals surface area contributed by atoms with Crippen LogP contribution in [0, 0.1) is 10.8 Å². The first-order valence-corrected chi connectivity index (χ1v) is 8.04. The van der Waals surface area contributed by atoms with E-state index in [1.807, 2.05) is 0 Å². The Morgan fingerprint density at radius 2 is 1.94 bits per heavy atom. The summed E-state index contributed by atoms with van der Waals surface area (Å²) in [6, 6.07) is 0.888. The van der Waals surface area contributed by atoms with Crippen LogP contribution in [-0.2, 0) is 0 Å². The number of hydrogen-bond donors (Lipinski definition) is 1. The molecule has 0 bridgehead atoms. The zero-order valence-corrected chi connectivity index (χ0v) is 12.3. The van der Waals surface area contributed by atoms with Gasteiger partial charge in [0.15, 0.2) is 0 Å². The number of rotatable bonds is 1. The van der Waals surface area contributed by atoms with E-state index in [-0.39, 0.29) is 0 Å². The van der Waals surface area contributed by atoms with Crippen molar-refractivity contribution in [2.24, 2.45) is 10.8 Å². The van der Waals surface area contributed by atoms with Crippen LogP contribution in [0.4, 0.5) is 0 Å². The lowest BCUT2D eigenvalue weighted by Gasteiger charge is -2.47. The molecular weight excluding hydrogens is 220 g/mol. The van der Waals surface area contributed by atoms with Gasteiger partial charge in [-0.15, -0.1) is 0 Å². The summed E-state index contributed by atoms with van der Waals surface area (Å²) < 4.78 is 0. The highest BCUT2D eigenvalue weighted by Gasteiger charge is 2.41. The van der Waals surface area contributed by atoms with Crippen LogP contribution in [0.5, 0.6) is 0 Å². The van der Waals surface area contributed by atoms with Gasteiger partial charge in [-0.3, -0.25) is 4.90 Å². The molecule has 0 radical (unpaired) electrons. The van der Waals surface area contributed by atoms with E-state index in [0.29, 0.717) is 10.8 Å². The van der Waals surface area contributed by atoms with Crippen molar-refractivity contribution in [1.29, 1.82) is 0 Å². The van der Waals surface area contributed by atoms with Gasteiger partial charge >= 0.3 is 0 Å². The lowest BCUT2D eigenvalue weighted by Crippen LogP contribution is -2.53. The van der Waals surface area contributed by atoms with Crippen molar-refractivity contribution >= 4 is 0 Å². The molecule has 3 aliphatic rings. The van der Waals surface area contributed by atoms with Crippen molar-refractivity contribution in [2.45, 2.75) is 64.8 Å². The van der Waals surface area contributed by atoms with Crippen LogP contribution in [0.2, 0.25) is 0 Å². The van der Waals surface area contributed by atoms with Crippen molar-refractivity contribution in [3.8, 4) is 0 Å². The van der Waals surface area contributed by atoms with E-state index >= 15 is 0 Å². The number of likely N-dealkylation sites (tertiary alicyclic amines) is 1. The van der Waals surface area contributed by atoms with E-state index in [1.165, 1.54) is 71.1 Å². The Kier molecular flexibility index (Phi) is 3.44. The van der Waals surface area contributed by atoms with E-state index in [9.17, 15) is 0 Å². The molecule has 2 heteroatoms. The molecule has 1 aliphatic carbocycles. The standard InChI is InChI=1S/C16H30N2/c1-15(2)8-5-14(11-15)18-10-4-7-16(13-18)6-3-9-17-12-16/h14,17H,3-13H2,1-2H3. The molecule has 2 saturated heterocycles. The summed E-state index contributed by atoms with van der Waals surface area (Å²) in [6.07, 6.45) is 10.0. The third-order valence-corrected chi connectivity index (χ3v) is 5.71. The molecule has 18 heavy (non-hydrogen) atoms. The minimum absolute atomic E-state index is 0.597. The Morgan fingerprint density at radius 3 is 2.61 bits per heavy atom. The van der Waals surface area contributed by atoms with Gasteiger partial charge < -0.3 is 5.32 Å². The maximum absolute atomic E-state index is 3.65. The highest BCUT2D eigenvalue weighted by molar-refractivity contribution is 4.96. The molecule has 3 rings (SSSR count). The Bertz CT molecular complexity index is 286. The van der Waals surface area contributed by atoms with Gasteiger partial charge in [0.1, 0.15) is 0 Å². The molecule has 2 aliphatic heterocycles. The first kappa shape index (κ1) is 12.9. The molecule has 2 atom stereocenters. The summed E-state index contributed by atoms with van der Waals surface area (Å²) in [4.78, 5) is 2.85. The maximum Gasteiger partial charge on any atom is 0.0101 e. The molecule has 2 unspecified atom stereocenters. The number of nitrogens with zero attached hydrogens (tertiary/aromatic N) is 1. The predicted molar refractivity (Wildman–Crippen MR) is 76.8 cm³/mol. The summed E-state index contributed by atoms with van der Waals surface area (Å²) in [7, 11) is 0. The fourth-order valence-electron chi connectivity index (χ4n) is 4.65. The van der Waals surface area contributed by atoms with E-state index in [2.05, 4.69) is 24.1 Å². The Hall–Kier alpha value is -0.0800. The lowest BCUT2D eigenvalue weighted by molar-refractivity contribution is 0.0363. The van der Waals surface area contributed by atoms with E-state index in [4.69, 9.17) is 0 Å². The number of nitrogens with one attached hydrogen (secondary N) is 1. The highest BCUT2D eigenvalue weighted by atomic mass is 15.2. The molecule has 104 valence electrons. The molecule has 0 aromatic carbocycles. The first-order chi connectivity index (χ1) is 8.59. The molecule has 0 aromatic rings. The summed E-state index contributed by atoms with van der Waals surface area (Å²) in [5, 5.41) is 3.65. The Balaban J connectivity index is 1.63. The summed E-state index contributed by atoms with van der Waals surface area (Å²) in [5.41, 5.74) is 1.23. The Morgan fingerprint density at radius 1 is 1.11 bits per heavy atom. The van der Waals surface area contributed by atoms with Gasteiger partial charge in [-0.2, -0.15) is 0 Å². The fourth-order valence-corrected chi connectivity index (χ4v) is 4.65. The van der Waals surface area contributed by atoms with Crippen LogP contribution in [0.3, 0.4) is 0 Å². The summed E-state index contributed by atoms with van der Waals surface area (Å²) in [6.45, 7) is 10.2. The van der Waals surface area contributed by atoms with Crippen LogP contribution >= 0.6 is 0 Å². The maximum atomic E-state index is 3.65. The molecule has 1 saturated carbocycles. The van der Waals surface area contributed by atoms with Crippen molar-refractivity contribution in [2.75, 3.05) is 26.2 Å². The lowest BCUT2D eigenvalue weighted by atomic mass is 9.74. The van der Waals surface area contributed by atoms with Crippen LogP contribution in [-0.4, -0.2) is 37.1 Å². The largest absolute Gasteiger partial charge is 0.316 e. The number of hydrogen-bond acceptors (Lipinski definition) is 2. The van der Waals surface area contributed by atoms with Crippen molar-refractivity contribution in [1.82, 2.24) is 10.2 Å². The topological polar surface area (TPSA) is 15.3 Å². The van der Waals surface area contributed by atoms with Gasteiger partial charge in [0.25, 0.3) is 0 Å². The molecule has 2 nitrogen and oxygen atoms in total. The van der Waals surface area contributed by atoms with E-state index in [0.717, 1.165) is 6.04 Å². The summed E-state index contributed by atoms with van der Waals surface area (Å²) >= 11 is 0. The van der Waals surface area contributed by atoms with E-state index < -0.39 is 0 Å². The van der Waals surface area contributed by atoms with Crippen LogP contribution in [0.25, 0.3) is 0 Å². The second-order valence-electron chi connectivity index (χ2n) is 7.92. The van der Waals surface area contributed by atoms with Gasteiger partial charge in [-0.1, -0.05) is 13.8 Å². The zero-order chi connectivity index (χ0) is 12.6. The quantitative estimate of drug-likeness (QED) is 0.769. The average Bonchev–Trinajstić information content (AvgIpc) is 2.71. The third kappa shape index (κ3) is 2.60. The molecule has 1 N–H and O–H groups in total. The van der Waals surface area contributed by atoms with Gasteiger partial charge in [-0.25, -0.2) is 0 Å². The van der Waals surface area contributed by atoms with Crippen LogP contribution < -0.4 is 5.32 Å². The third-order valence-electron chi connectivity index (χ3n) is 5.71. The second kappa shape index (κ2) is 4.79. The Labute approximate surface area is 113 Å². The van der Waals surface area contributed by atoms with Gasteiger partial charge in [0.05, 0.1) is 0 Å². The monoisotopic (exact) mass is 250 g/mol. The molecular formula is C16H30N2. The van der Waals surface area contributed by atoms with Crippen molar-refractivity contribution < 1.29 is 0 Å². The predicted octanol–water partition coefficient (Wildman–Crippen LogP) is 3.03. The normalized spacial score (nSPS) is 41.3. The molecule has 3 fully saturated rings. The van der Waals surface area contributed by atoms with Gasteiger partial charge in [-0.05, 0) is 68.9 Å². The SMILES string of the molecule is CC1(C)CCC(N2CCCC3(CCCNC3)C2)C1. The molecule has 0 amide bonds. The van der Waals surface area contributed by atoms with Gasteiger partial charge in [0, 0.05) is 19.1 Å². The van der Waals surface area contributed by atoms with E-state index in [1.54, 1.807) is 0 Å². The minimum Gasteiger partial charge on any atom is -0.316 e. The minimum atomic E-state index is 0.597.